The van der Waals surface area contributed by atoms with Crippen molar-refractivity contribution < 1.29 is 14.3 Å². The molecule has 24 heavy (non-hydrogen) atoms. The van der Waals surface area contributed by atoms with Gasteiger partial charge in [-0.05, 0) is 42.8 Å². The van der Waals surface area contributed by atoms with Gasteiger partial charge in [-0.15, -0.1) is 0 Å². The minimum absolute atomic E-state index is 0.127. The standard InChI is InChI=1S/C19H24N2O3/c1-3-4-13-24-18-8-6-5-7-17(18)21-19(22)14-20-15-9-11-16(23-2)12-10-15/h5-12,20H,3-4,13-14H2,1-2H3,(H,21,22). The van der Waals surface area contributed by atoms with Gasteiger partial charge in [0.05, 0.1) is 25.9 Å². The average Bonchev–Trinajstić information content (AvgIpc) is 2.62. The number of unbranched alkanes of at least 4 members (excludes halogenated alkanes) is 1. The summed E-state index contributed by atoms with van der Waals surface area (Å²) in [7, 11) is 1.62. The highest BCUT2D eigenvalue weighted by atomic mass is 16.5. The van der Waals surface area contributed by atoms with Crippen LogP contribution in [-0.2, 0) is 4.79 Å². The Morgan fingerprint density at radius 3 is 2.54 bits per heavy atom. The molecule has 0 fully saturated rings. The number of anilines is 2. The van der Waals surface area contributed by atoms with Crippen molar-refractivity contribution in [2.75, 3.05) is 30.9 Å². The highest BCUT2D eigenvalue weighted by Gasteiger charge is 2.07. The van der Waals surface area contributed by atoms with Crippen LogP contribution in [0.4, 0.5) is 11.4 Å². The van der Waals surface area contributed by atoms with Gasteiger partial charge in [0, 0.05) is 5.69 Å². The molecule has 0 radical (unpaired) electrons. The molecule has 5 nitrogen and oxygen atoms in total. The molecule has 0 aliphatic heterocycles. The second-order valence-corrected chi connectivity index (χ2v) is 5.33. The molecule has 0 aromatic heterocycles. The summed E-state index contributed by atoms with van der Waals surface area (Å²) in [6.07, 6.45) is 2.06. The zero-order valence-corrected chi connectivity index (χ0v) is 14.2. The summed E-state index contributed by atoms with van der Waals surface area (Å²) < 4.78 is 10.8. The second-order valence-electron chi connectivity index (χ2n) is 5.33. The quantitative estimate of drug-likeness (QED) is 0.685. The van der Waals surface area contributed by atoms with E-state index in [9.17, 15) is 4.79 Å². The van der Waals surface area contributed by atoms with Crippen LogP contribution in [0.15, 0.2) is 48.5 Å². The van der Waals surface area contributed by atoms with E-state index in [2.05, 4.69) is 17.6 Å². The summed E-state index contributed by atoms with van der Waals surface area (Å²) in [6.45, 7) is 2.94. The number of benzene rings is 2. The highest BCUT2D eigenvalue weighted by Crippen LogP contribution is 2.24. The molecular weight excluding hydrogens is 304 g/mol. The lowest BCUT2D eigenvalue weighted by Crippen LogP contribution is -2.22. The number of hydrogen-bond acceptors (Lipinski definition) is 4. The van der Waals surface area contributed by atoms with Crippen LogP contribution in [0.2, 0.25) is 0 Å². The monoisotopic (exact) mass is 328 g/mol. The van der Waals surface area contributed by atoms with E-state index in [4.69, 9.17) is 9.47 Å². The number of hydrogen-bond donors (Lipinski definition) is 2. The first-order valence-corrected chi connectivity index (χ1v) is 8.12. The molecule has 0 saturated carbocycles. The Morgan fingerprint density at radius 2 is 1.83 bits per heavy atom. The third-order valence-corrected chi connectivity index (χ3v) is 3.46. The van der Waals surface area contributed by atoms with Crippen molar-refractivity contribution in [2.45, 2.75) is 19.8 Å². The summed E-state index contributed by atoms with van der Waals surface area (Å²) in [5, 5.41) is 5.96. The van der Waals surface area contributed by atoms with Gasteiger partial charge in [-0.25, -0.2) is 0 Å². The Bertz CT molecular complexity index is 641. The molecule has 0 aliphatic carbocycles. The lowest BCUT2D eigenvalue weighted by atomic mass is 10.2. The minimum Gasteiger partial charge on any atom is -0.497 e. The maximum absolute atomic E-state index is 12.1. The van der Waals surface area contributed by atoms with Gasteiger partial charge in [0.1, 0.15) is 11.5 Å². The molecule has 0 heterocycles. The van der Waals surface area contributed by atoms with Crippen LogP contribution in [-0.4, -0.2) is 26.2 Å². The third kappa shape index (κ3) is 5.50. The van der Waals surface area contributed by atoms with Crippen molar-refractivity contribution in [1.29, 1.82) is 0 Å². The fourth-order valence-electron chi connectivity index (χ4n) is 2.11. The van der Waals surface area contributed by atoms with E-state index in [-0.39, 0.29) is 12.5 Å². The van der Waals surface area contributed by atoms with Crippen molar-refractivity contribution in [2.24, 2.45) is 0 Å². The normalized spacial score (nSPS) is 10.1. The summed E-state index contributed by atoms with van der Waals surface area (Å²) >= 11 is 0. The van der Waals surface area contributed by atoms with Crippen molar-refractivity contribution in [3.05, 3.63) is 48.5 Å². The van der Waals surface area contributed by atoms with E-state index >= 15 is 0 Å². The van der Waals surface area contributed by atoms with E-state index in [1.54, 1.807) is 7.11 Å². The first-order valence-electron chi connectivity index (χ1n) is 8.12. The molecule has 0 atom stereocenters. The molecule has 0 saturated heterocycles. The van der Waals surface area contributed by atoms with Gasteiger partial charge in [0.15, 0.2) is 0 Å². The highest BCUT2D eigenvalue weighted by molar-refractivity contribution is 5.95. The largest absolute Gasteiger partial charge is 0.497 e. The maximum Gasteiger partial charge on any atom is 0.243 e. The molecule has 128 valence electrons. The molecule has 2 rings (SSSR count). The van der Waals surface area contributed by atoms with E-state index in [1.165, 1.54) is 0 Å². The smallest absolute Gasteiger partial charge is 0.243 e. The molecule has 5 heteroatoms. The third-order valence-electron chi connectivity index (χ3n) is 3.46. The number of amides is 1. The van der Waals surface area contributed by atoms with Crippen LogP contribution in [0.25, 0.3) is 0 Å². The van der Waals surface area contributed by atoms with E-state index in [0.29, 0.717) is 18.0 Å². The predicted octanol–water partition coefficient (Wildman–Crippen LogP) is 3.92. The zero-order chi connectivity index (χ0) is 17.2. The molecule has 2 aromatic carbocycles. The molecule has 0 unspecified atom stereocenters. The fourth-order valence-corrected chi connectivity index (χ4v) is 2.11. The van der Waals surface area contributed by atoms with Crippen LogP contribution >= 0.6 is 0 Å². The van der Waals surface area contributed by atoms with Crippen LogP contribution in [0.1, 0.15) is 19.8 Å². The molecule has 0 aliphatic rings. The first kappa shape index (κ1) is 17.7. The van der Waals surface area contributed by atoms with Crippen LogP contribution in [0.3, 0.4) is 0 Å². The van der Waals surface area contributed by atoms with Crippen molar-refractivity contribution in [3.63, 3.8) is 0 Å². The molecule has 2 N–H and O–H groups in total. The molecule has 1 amide bonds. The average molecular weight is 328 g/mol. The van der Waals surface area contributed by atoms with Crippen molar-refractivity contribution in [3.8, 4) is 11.5 Å². The van der Waals surface area contributed by atoms with E-state index < -0.39 is 0 Å². The number of nitrogens with one attached hydrogen (secondary N) is 2. The molecule has 0 bridgehead atoms. The lowest BCUT2D eigenvalue weighted by Gasteiger charge is -2.13. The Morgan fingerprint density at radius 1 is 1.08 bits per heavy atom. The lowest BCUT2D eigenvalue weighted by molar-refractivity contribution is -0.114. The topological polar surface area (TPSA) is 59.6 Å². The van der Waals surface area contributed by atoms with Gasteiger partial charge in [0.25, 0.3) is 0 Å². The predicted molar refractivity (Wildman–Crippen MR) is 97.0 cm³/mol. The van der Waals surface area contributed by atoms with Crippen molar-refractivity contribution >= 4 is 17.3 Å². The number of ether oxygens (including phenoxy) is 2. The van der Waals surface area contributed by atoms with Gasteiger partial charge in [-0.1, -0.05) is 25.5 Å². The second kappa shape index (κ2) is 9.45. The van der Waals surface area contributed by atoms with E-state index in [1.807, 2.05) is 48.5 Å². The van der Waals surface area contributed by atoms with Crippen LogP contribution in [0, 0.1) is 0 Å². The summed E-state index contributed by atoms with van der Waals surface area (Å²) in [5.74, 6) is 1.35. The minimum atomic E-state index is -0.127. The Kier molecular flexibility index (Phi) is 6.95. The van der Waals surface area contributed by atoms with Crippen LogP contribution < -0.4 is 20.1 Å². The van der Waals surface area contributed by atoms with E-state index in [0.717, 1.165) is 24.3 Å². The van der Waals surface area contributed by atoms with Crippen LogP contribution in [0.5, 0.6) is 11.5 Å². The number of rotatable bonds is 9. The number of carbonyl (C=O) groups is 1. The summed E-state index contributed by atoms with van der Waals surface area (Å²) in [6, 6.07) is 14.9. The number of methoxy groups -OCH3 is 1. The maximum atomic E-state index is 12.1. The van der Waals surface area contributed by atoms with Gasteiger partial charge in [-0.2, -0.15) is 0 Å². The van der Waals surface area contributed by atoms with Gasteiger partial charge >= 0.3 is 0 Å². The van der Waals surface area contributed by atoms with Gasteiger partial charge in [-0.3, -0.25) is 4.79 Å². The fraction of sp³-hybridized carbons (Fsp3) is 0.316. The molecule has 2 aromatic rings. The molecular formula is C19H24N2O3. The van der Waals surface area contributed by atoms with Gasteiger partial charge < -0.3 is 20.1 Å². The number of carbonyl (C=O) groups excluding carboxylic acids is 1. The zero-order valence-electron chi connectivity index (χ0n) is 14.2. The molecule has 0 spiro atoms. The summed E-state index contributed by atoms with van der Waals surface area (Å²) in [4.78, 5) is 12.1. The Labute approximate surface area is 143 Å². The SMILES string of the molecule is CCCCOc1ccccc1NC(=O)CNc1ccc(OC)cc1. The summed E-state index contributed by atoms with van der Waals surface area (Å²) in [5.41, 5.74) is 1.55. The van der Waals surface area contributed by atoms with Crippen molar-refractivity contribution in [1.82, 2.24) is 0 Å². The Balaban J connectivity index is 1.87. The number of para-hydroxylation sites is 2. The Hall–Kier alpha value is -2.69. The van der Waals surface area contributed by atoms with Gasteiger partial charge in [0.2, 0.25) is 5.91 Å². The first-order chi connectivity index (χ1) is 11.7.